The minimum atomic E-state index is 0.240. The first kappa shape index (κ1) is 8.52. The molecule has 0 aromatic heterocycles. The van der Waals surface area contributed by atoms with Crippen LogP contribution in [0.5, 0.6) is 0 Å². The molecule has 0 amide bonds. The van der Waals surface area contributed by atoms with Crippen LogP contribution < -0.4 is 5.73 Å². The van der Waals surface area contributed by atoms with Gasteiger partial charge in [0.2, 0.25) is 0 Å². The molecule has 2 N–H and O–H groups in total. The van der Waals surface area contributed by atoms with Gasteiger partial charge in [-0.15, -0.1) is 0 Å². The van der Waals surface area contributed by atoms with Gasteiger partial charge >= 0.3 is 0 Å². The molecule has 1 spiro atoms. The first-order chi connectivity index (χ1) is 5.77. The van der Waals surface area contributed by atoms with Gasteiger partial charge in [-0.3, -0.25) is 0 Å². The van der Waals surface area contributed by atoms with Crippen LogP contribution >= 0.6 is 0 Å². The smallest absolute Gasteiger partial charge is 0.0713 e. The summed E-state index contributed by atoms with van der Waals surface area (Å²) in [6.07, 6.45) is 6.74. The summed E-state index contributed by atoms with van der Waals surface area (Å²) in [5, 5.41) is 0. The summed E-state index contributed by atoms with van der Waals surface area (Å²) in [5.74, 6) is 0.758. The van der Waals surface area contributed by atoms with E-state index in [1.54, 1.807) is 0 Å². The first-order valence-electron chi connectivity index (χ1n) is 5.15. The molecule has 0 aromatic carbocycles. The van der Waals surface area contributed by atoms with Gasteiger partial charge in [0, 0.05) is 6.54 Å². The Morgan fingerprint density at radius 1 is 1.42 bits per heavy atom. The van der Waals surface area contributed by atoms with Gasteiger partial charge in [0.1, 0.15) is 0 Å². The minimum Gasteiger partial charge on any atom is -0.370 e. The third kappa shape index (κ3) is 1.17. The average molecular weight is 169 g/mol. The molecule has 2 aliphatic rings. The molecule has 0 bridgehead atoms. The van der Waals surface area contributed by atoms with E-state index in [4.69, 9.17) is 10.5 Å². The van der Waals surface area contributed by atoms with E-state index < -0.39 is 0 Å². The van der Waals surface area contributed by atoms with E-state index in [2.05, 4.69) is 6.92 Å². The van der Waals surface area contributed by atoms with Gasteiger partial charge in [0.15, 0.2) is 0 Å². The van der Waals surface area contributed by atoms with Crippen molar-refractivity contribution in [2.45, 2.75) is 50.7 Å². The van der Waals surface area contributed by atoms with Gasteiger partial charge in [0.25, 0.3) is 0 Å². The van der Waals surface area contributed by atoms with Crippen LogP contribution in [0.3, 0.4) is 0 Å². The highest BCUT2D eigenvalue weighted by molar-refractivity contribution is 4.97. The Hall–Kier alpha value is -0.0800. The Bertz CT molecular complexity index is 171. The second kappa shape index (κ2) is 3.00. The van der Waals surface area contributed by atoms with Crippen LogP contribution in [0.1, 0.15) is 39.0 Å². The Morgan fingerprint density at radius 3 is 2.75 bits per heavy atom. The van der Waals surface area contributed by atoms with E-state index >= 15 is 0 Å². The van der Waals surface area contributed by atoms with Crippen molar-refractivity contribution in [1.29, 1.82) is 0 Å². The number of hydrogen-bond donors (Lipinski definition) is 1. The highest BCUT2D eigenvalue weighted by Crippen LogP contribution is 2.46. The summed E-state index contributed by atoms with van der Waals surface area (Å²) in [4.78, 5) is 0. The largest absolute Gasteiger partial charge is 0.370 e. The fraction of sp³-hybridized carbons (Fsp3) is 1.00. The summed E-state index contributed by atoms with van der Waals surface area (Å²) in [7, 11) is 0. The molecule has 70 valence electrons. The molecule has 2 nitrogen and oxygen atoms in total. The molecule has 1 aliphatic heterocycles. The number of hydrogen-bond acceptors (Lipinski definition) is 2. The molecule has 1 saturated heterocycles. The molecule has 3 atom stereocenters. The summed E-state index contributed by atoms with van der Waals surface area (Å²) in [6.45, 7) is 3.03. The molecule has 2 rings (SSSR count). The fourth-order valence-electron chi connectivity index (χ4n) is 2.78. The van der Waals surface area contributed by atoms with Crippen LogP contribution in [-0.4, -0.2) is 18.2 Å². The molecular weight excluding hydrogens is 150 g/mol. The fourth-order valence-corrected chi connectivity index (χ4v) is 2.78. The SMILES string of the molecule is C[C@@H]1CCC[C@@]12CC[C@@H](CN)O2. The van der Waals surface area contributed by atoms with E-state index in [9.17, 15) is 0 Å². The molecule has 1 heterocycles. The van der Waals surface area contributed by atoms with Crippen molar-refractivity contribution in [2.24, 2.45) is 11.7 Å². The second-order valence-corrected chi connectivity index (χ2v) is 4.37. The summed E-state index contributed by atoms with van der Waals surface area (Å²) >= 11 is 0. The quantitative estimate of drug-likeness (QED) is 0.648. The maximum Gasteiger partial charge on any atom is 0.0713 e. The van der Waals surface area contributed by atoms with Gasteiger partial charge < -0.3 is 10.5 Å². The lowest BCUT2D eigenvalue weighted by Crippen LogP contribution is -2.33. The maximum atomic E-state index is 6.05. The second-order valence-electron chi connectivity index (χ2n) is 4.37. The van der Waals surface area contributed by atoms with Gasteiger partial charge in [0.05, 0.1) is 11.7 Å². The highest BCUT2D eigenvalue weighted by Gasteiger charge is 2.46. The molecule has 0 unspecified atom stereocenters. The summed E-state index contributed by atoms with van der Waals surface area (Å²) in [6, 6.07) is 0. The zero-order valence-electron chi connectivity index (χ0n) is 7.88. The number of nitrogens with two attached hydrogens (primary N) is 1. The zero-order chi connectivity index (χ0) is 8.60. The van der Waals surface area contributed by atoms with Crippen LogP contribution in [0.15, 0.2) is 0 Å². The molecule has 0 aromatic rings. The lowest BCUT2D eigenvalue weighted by atomic mass is 9.89. The van der Waals surface area contributed by atoms with Gasteiger partial charge in [-0.2, -0.15) is 0 Å². The normalized spacial score (nSPS) is 47.5. The molecule has 2 heteroatoms. The lowest BCUT2D eigenvalue weighted by Gasteiger charge is -2.29. The Balaban J connectivity index is 2.04. The van der Waals surface area contributed by atoms with Gasteiger partial charge in [-0.25, -0.2) is 0 Å². The Labute approximate surface area is 74.5 Å². The monoisotopic (exact) mass is 169 g/mol. The van der Waals surface area contributed by atoms with E-state index in [0.717, 1.165) is 5.92 Å². The van der Waals surface area contributed by atoms with Crippen LogP contribution in [0.25, 0.3) is 0 Å². The molecule has 1 aliphatic carbocycles. The third-order valence-corrected chi connectivity index (χ3v) is 3.69. The highest BCUT2D eigenvalue weighted by atomic mass is 16.5. The minimum absolute atomic E-state index is 0.240. The topological polar surface area (TPSA) is 35.2 Å². The van der Waals surface area contributed by atoms with E-state index in [-0.39, 0.29) is 5.60 Å². The molecule has 0 radical (unpaired) electrons. The Kier molecular flexibility index (Phi) is 2.13. The van der Waals surface area contributed by atoms with Crippen LogP contribution in [-0.2, 0) is 4.74 Å². The van der Waals surface area contributed by atoms with Crippen molar-refractivity contribution in [2.75, 3.05) is 6.54 Å². The molecule has 1 saturated carbocycles. The van der Waals surface area contributed by atoms with Crippen molar-refractivity contribution in [3.8, 4) is 0 Å². The van der Waals surface area contributed by atoms with Crippen molar-refractivity contribution in [1.82, 2.24) is 0 Å². The third-order valence-electron chi connectivity index (χ3n) is 3.69. The number of rotatable bonds is 1. The van der Waals surface area contributed by atoms with Crippen molar-refractivity contribution >= 4 is 0 Å². The van der Waals surface area contributed by atoms with Crippen LogP contribution in [0.2, 0.25) is 0 Å². The van der Waals surface area contributed by atoms with Crippen molar-refractivity contribution in [3.63, 3.8) is 0 Å². The zero-order valence-corrected chi connectivity index (χ0v) is 7.88. The molecular formula is C10H19NO. The van der Waals surface area contributed by atoms with Crippen molar-refractivity contribution in [3.05, 3.63) is 0 Å². The Morgan fingerprint density at radius 2 is 2.25 bits per heavy atom. The number of ether oxygens (including phenoxy) is 1. The molecule has 2 fully saturated rings. The first-order valence-corrected chi connectivity index (χ1v) is 5.15. The van der Waals surface area contributed by atoms with Crippen molar-refractivity contribution < 1.29 is 4.74 Å². The molecule has 12 heavy (non-hydrogen) atoms. The van der Waals surface area contributed by atoms with E-state index in [1.807, 2.05) is 0 Å². The predicted octanol–water partition coefficient (Wildman–Crippen LogP) is 1.68. The van der Waals surface area contributed by atoms with E-state index in [1.165, 1.54) is 32.1 Å². The standard InChI is InChI=1S/C10H19NO/c1-8-3-2-5-10(8)6-4-9(7-11)12-10/h8-9H,2-7,11H2,1H3/t8-,9+,10-/m1/s1. The lowest BCUT2D eigenvalue weighted by molar-refractivity contribution is -0.0580. The van der Waals surface area contributed by atoms with Crippen LogP contribution in [0, 0.1) is 5.92 Å². The summed E-state index contributed by atoms with van der Waals surface area (Å²) in [5.41, 5.74) is 5.85. The van der Waals surface area contributed by atoms with Gasteiger partial charge in [-0.1, -0.05) is 13.3 Å². The summed E-state index contributed by atoms with van der Waals surface area (Å²) < 4.78 is 6.05. The van der Waals surface area contributed by atoms with Gasteiger partial charge in [-0.05, 0) is 31.6 Å². The average Bonchev–Trinajstić information content (AvgIpc) is 2.63. The van der Waals surface area contributed by atoms with Crippen LogP contribution in [0.4, 0.5) is 0 Å². The van der Waals surface area contributed by atoms with E-state index in [0.29, 0.717) is 12.6 Å². The maximum absolute atomic E-state index is 6.05. The predicted molar refractivity (Wildman–Crippen MR) is 48.9 cm³/mol.